The molecular formula is C31H32ClN7O9. The minimum absolute atomic E-state index is 0.0119. The molecule has 0 spiro atoms. The number of H-pyrrole nitrogens is 1. The lowest BCUT2D eigenvalue weighted by Crippen LogP contribution is -2.38. The molecule has 2 saturated heterocycles. The maximum absolute atomic E-state index is 13.5. The van der Waals surface area contributed by atoms with Gasteiger partial charge in [-0.2, -0.15) is 0 Å². The van der Waals surface area contributed by atoms with Gasteiger partial charge in [0.2, 0.25) is 0 Å². The number of rotatable bonds is 13. The third kappa shape index (κ3) is 7.00. The summed E-state index contributed by atoms with van der Waals surface area (Å²) in [5, 5.41) is 24.0. The molecule has 5 atom stereocenters. The molecule has 16 nitrogen and oxygen atoms in total. The normalized spacial score (nSPS) is 20.6. The maximum atomic E-state index is 13.5. The summed E-state index contributed by atoms with van der Waals surface area (Å²) in [7, 11) is 0. The molecule has 6 rings (SSSR count). The van der Waals surface area contributed by atoms with Gasteiger partial charge in [0.25, 0.3) is 5.09 Å². The standard InChI is InChI=1S/C31H32ClN7O9/c1-3-4-9-24-33-28(32)25(31(41)46-17(2)30(40)47-22-15-44-27-23(48-39(42)43)16-45-26(22)27)38(24)14-18-10-12-19(13-11-18)20-7-5-6-8-21(20)29-34-36-37-35-29/h5-8,10-13,17,22-23,26-27H,3-4,9,14-16H2,1-2H3,(H,34,35,36,37)/t17?,22-,23+,26+,27+/m0/s1. The van der Waals surface area contributed by atoms with Crippen LogP contribution in [-0.4, -0.2) is 90.9 Å². The molecule has 0 radical (unpaired) electrons. The smallest absolute Gasteiger partial charge is 0.359 e. The van der Waals surface area contributed by atoms with Gasteiger partial charge in [-0.05, 0) is 40.5 Å². The van der Waals surface area contributed by atoms with Crippen LogP contribution >= 0.6 is 11.6 Å². The Kier molecular flexibility index (Phi) is 9.93. The molecule has 252 valence electrons. The Balaban J connectivity index is 1.16. The quantitative estimate of drug-likeness (QED) is 0.122. The van der Waals surface area contributed by atoms with E-state index in [1.165, 1.54) is 6.92 Å². The first-order valence-corrected chi connectivity index (χ1v) is 15.7. The minimum Gasteiger partial charge on any atom is -0.454 e. The summed E-state index contributed by atoms with van der Waals surface area (Å²) in [6.07, 6.45) is -2.34. The third-order valence-corrected chi connectivity index (χ3v) is 8.42. The van der Waals surface area contributed by atoms with Crippen molar-refractivity contribution in [2.45, 2.75) is 70.2 Å². The van der Waals surface area contributed by atoms with Gasteiger partial charge in [-0.3, -0.25) is 0 Å². The van der Waals surface area contributed by atoms with Crippen molar-refractivity contribution in [1.29, 1.82) is 0 Å². The van der Waals surface area contributed by atoms with Crippen molar-refractivity contribution in [3.63, 3.8) is 0 Å². The highest BCUT2D eigenvalue weighted by molar-refractivity contribution is 6.32. The average molecular weight is 682 g/mol. The number of fused-ring (bicyclic) bond motifs is 1. The zero-order chi connectivity index (χ0) is 33.8. The fourth-order valence-electron chi connectivity index (χ4n) is 5.78. The average Bonchev–Trinajstić information content (AvgIpc) is 3.87. The summed E-state index contributed by atoms with van der Waals surface area (Å²) in [5.41, 5.74) is 3.61. The number of tetrazole rings is 1. The summed E-state index contributed by atoms with van der Waals surface area (Å²) in [5.74, 6) is -0.531. The lowest BCUT2D eigenvalue weighted by atomic mass is 9.98. The Morgan fingerprint density at radius 1 is 1.10 bits per heavy atom. The van der Waals surface area contributed by atoms with E-state index in [1.54, 1.807) is 4.57 Å². The number of halogens is 1. The van der Waals surface area contributed by atoms with E-state index in [1.807, 2.05) is 55.5 Å². The second kappa shape index (κ2) is 14.5. The van der Waals surface area contributed by atoms with Gasteiger partial charge in [0.15, 0.2) is 35.0 Å². The topological polar surface area (TPSA) is 196 Å². The lowest BCUT2D eigenvalue weighted by molar-refractivity contribution is -0.769. The number of nitrogens with zero attached hydrogens (tertiary/aromatic N) is 6. The molecular weight excluding hydrogens is 650 g/mol. The predicted octanol–water partition coefficient (Wildman–Crippen LogP) is 3.61. The van der Waals surface area contributed by atoms with Crippen LogP contribution in [0.3, 0.4) is 0 Å². The molecule has 0 aliphatic carbocycles. The summed E-state index contributed by atoms with van der Waals surface area (Å²) < 4.78 is 23.8. The van der Waals surface area contributed by atoms with Gasteiger partial charge in [-0.25, -0.2) is 19.7 Å². The van der Waals surface area contributed by atoms with Crippen molar-refractivity contribution in [2.75, 3.05) is 13.2 Å². The number of esters is 2. The maximum Gasteiger partial charge on any atom is 0.359 e. The summed E-state index contributed by atoms with van der Waals surface area (Å²) in [6, 6.07) is 15.6. The number of hydrogen-bond acceptors (Lipinski definition) is 13. The molecule has 2 fully saturated rings. The molecule has 17 heteroatoms. The Morgan fingerprint density at radius 3 is 2.50 bits per heavy atom. The summed E-state index contributed by atoms with van der Waals surface area (Å²) in [6.45, 7) is 3.55. The van der Waals surface area contributed by atoms with Crippen molar-refractivity contribution in [3.05, 3.63) is 80.9 Å². The number of benzene rings is 2. The van der Waals surface area contributed by atoms with Gasteiger partial charge in [0, 0.05) is 18.5 Å². The minimum atomic E-state index is -1.32. The second-order valence-electron chi connectivity index (χ2n) is 11.3. The highest BCUT2D eigenvalue weighted by atomic mass is 35.5. The molecule has 2 aromatic carbocycles. The molecule has 4 heterocycles. The van der Waals surface area contributed by atoms with Crippen molar-refractivity contribution in [3.8, 4) is 22.5 Å². The molecule has 0 amide bonds. The molecule has 0 bridgehead atoms. The van der Waals surface area contributed by atoms with Crippen molar-refractivity contribution in [2.24, 2.45) is 0 Å². The Bertz CT molecular complexity index is 1770. The van der Waals surface area contributed by atoms with Crippen LogP contribution in [0.1, 0.15) is 48.6 Å². The monoisotopic (exact) mass is 681 g/mol. The van der Waals surface area contributed by atoms with Crippen LogP contribution in [0.4, 0.5) is 0 Å². The molecule has 48 heavy (non-hydrogen) atoms. The van der Waals surface area contributed by atoms with Gasteiger partial charge in [-0.15, -0.1) is 15.2 Å². The number of unbranched alkanes of at least 4 members (excludes halogenated alkanes) is 1. The molecule has 2 aliphatic heterocycles. The van der Waals surface area contributed by atoms with E-state index in [9.17, 15) is 19.7 Å². The van der Waals surface area contributed by atoms with E-state index < -0.39 is 47.5 Å². The third-order valence-electron chi connectivity index (χ3n) is 8.15. The molecule has 4 aromatic rings. The molecule has 1 N–H and O–H groups in total. The predicted molar refractivity (Wildman–Crippen MR) is 166 cm³/mol. The first-order chi connectivity index (χ1) is 23.2. The number of carbonyl (C=O) groups excluding carboxylic acids is 2. The van der Waals surface area contributed by atoms with Gasteiger partial charge in [-0.1, -0.05) is 73.5 Å². The fourth-order valence-corrected chi connectivity index (χ4v) is 6.06. The lowest BCUT2D eigenvalue weighted by Gasteiger charge is -2.20. The number of ether oxygens (including phenoxy) is 4. The summed E-state index contributed by atoms with van der Waals surface area (Å²) in [4.78, 5) is 46.3. The van der Waals surface area contributed by atoms with Crippen LogP contribution in [0.15, 0.2) is 48.5 Å². The highest BCUT2D eigenvalue weighted by Crippen LogP contribution is 2.32. The SMILES string of the molecule is CCCCc1nc(Cl)c(C(=O)OC(C)C(=O)O[C@H]2CO[C@H]3[C@@H]2OC[C@H]3O[N+](=O)[O-])n1Cc1ccc(-c2ccccc2-c2nnn[nH]2)cc1. The van der Waals surface area contributed by atoms with Crippen LogP contribution < -0.4 is 0 Å². The summed E-state index contributed by atoms with van der Waals surface area (Å²) >= 11 is 6.51. The van der Waals surface area contributed by atoms with E-state index in [2.05, 4.69) is 30.4 Å². The van der Waals surface area contributed by atoms with E-state index in [4.69, 9.17) is 30.5 Å². The first kappa shape index (κ1) is 33.0. The number of aromatic amines is 1. The number of nitrogens with one attached hydrogen (secondary N) is 1. The second-order valence-corrected chi connectivity index (χ2v) is 11.7. The molecule has 2 aliphatic rings. The largest absolute Gasteiger partial charge is 0.454 e. The van der Waals surface area contributed by atoms with Gasteiger partial charge < -0.3 is 28.4 Å². The number of hydrogen-bond donors (Lipinski definition) is 1. The Morgan fingerprint density at radius 2 is 1.81 bits per heavy atom. The van der Waals surface area contributed by atoms with Crippen LogP contribution in [0.25, 0.3) is 22.5 Å². The van der Waals surface area contributed by atoms with Crippen molar-refractivity contribution < 1.29 is 38.5 Å². The number of aryl methyl sites for hydroxylation is 1. The zero-order valence-electron chi connectivity index (χ0n) is 26.0. The van der Waals surface area contributed by atoms with Crippen LogP contribution in [-0.2, 0) is 41.5 Å². The van der Waals surface area contributed by atoms with Gasteiger partial charge >= 0.3 is 11.9 Å². The fraction of sp³-hybridized carbons (Fsp3) is 0.419. The molecule has 2 aromatic heterocycles. The first-order valence-electron chi connectivity index (χ1n) is 15.4. The van der Waals surface area contributed by atoms with Crippen LogP contribution in [0.5, 0.6) is 0 Å². The molecule has 0 saturated carbocycles. The number of aromatic nitrogens is 6. The zero-order valence-corrected chi connectivity index (χ0v) is 26.7. The van der Waals surface area contributed by atoms with Crippen LogP contribution in [0.2, 0.25) is 5.15 Å². The van der Waals surface area contributed by atoms with Crippen molar-refractivity contribution >= 4 is 23.5 Å². The van der Waals surface area contributed by atoms with Gasteiger partial charge in [0.05, 0.1) is 13.2 Å². The van der Waals surface area contributed by atoms with Crippen molar-refractivity contribution in [1.82, 2.24) is 30.2 Å². The van der Waals surface area contributed by atoms with Crippen LogP contribution in [0, 0.1) is 10.1 Å². The van der Waals surface area contributed by atoms with E-state index >= 15 is 0 Å². The van der Waals surface area contributed by atoms with Gasteiger partial charge in [0.1, 0.15) is 18.0 Å². The highest BCUT2D eigenvalue weighted by Gasteiger charge is 2.51. The van der Waals surface area contributed by atoms with E-state index in [0.717, 1.165) is 35.1 Å². The number of imidazole rings is 1. The number of carbonyl (C=O) groups is 2. The Labute approximate surface area is 278 Å². The molecule has 1 unspecified atom stereocenters. The van der Waals surface area contributed by atoms with E-state index in [-0.39, 0.29) is 30.6 Å². The van der Waals surface area contributed by atoms with E-state index in [0.29, 0.717) is 18.1 Å². The Hall–Kier alpha value is -4.93.